The number of carbonyl (C=O) groups is 2. The summed E-state index contributed by atoms with van der Waals surface area (Å²) in [6.07, 6.45) is 0. The summed E-state index contributed by atoms with van der Waals surface area (Å²) in [5.41, 5.74) is -0.259. The van der Waals surface area contributed by atoms with Crippen molar-refractivity contribution in [1.29, 1.82) is 0 Å². The minimum Gasteiger partial charge on any atom is -0.318 e. The molecule has 0 fully saturated rings. The average molecular weight is 294 g/mol. The van der Waals surface area contributed by atoms with Crippen molar-refractivity contribution in [3.05, 3.63) is 59.9 Å². The minimum absolute atomic E-state index is 0.0948. The van der Waals surface area contributed by atoms with E-state index in [2.05, 4.69) is 10.6 Å². The van der Waals surface area contributed by atoms with Gasteiger partial charge in [0.15, 0.2) is 11.6 Å². The third-order valence-corrected chi connectivity index (χ3v) is 2.51. The normalized spacial score (nSPS) is 10.0. The fourth-order valence-corrected chi connectivity index (χ4v) is 1.50. The standard InChI is InChI=1S/C14H9F3N2O2/c15-9-6-5-8(7-11(9)17)18-13(20)14(21)19-12-4-2-1-3-10(12)16/h1-7H,(H,18,20)(H,19,21). The zero-order valence-corrected chi connectivity index (χ0v) is 10.5. The van der Waals surface area contributed by atoms with Crippen molar-refractivity contribution < 1.29 is 22.8 Å². The Bertz CT molecular complexity index is 704. The fourth-order valence-electron chi connectivity index (χ4n) is 1.50. The van der Waals surface area contributed by atoms with Crippen molar-refractivity contribution in [3.63, 3.8) is 0 Å². The molecule has 7 heteroatoms. The van der Waals surface area contributed by atoms with Gasteiger partial charge in [-0.1, -0.05) is 12.1 Å². The molecule has 2 aromatic rings. The maximum atomic E-state index is 13.3. The molecular formula is C14H9F3N2O2. The zero-order chi connectivity index (χ0) is 15.4. The Hall–Kier alpha value is -2.83. The molecule has 2 rings (SSSR count). The Morgan fingerprint density at radius 2 is 1.43 bits per heavy atom. The maximum absolute atomic E-state index is 13.3. The van der Waals surface area contributed by atoms with Gasteiger partial charge in [0.25, 0.3) is 0 Å². The Morgan fingerprint density at radius 1 is 0.762 bits per heavy atom. The summed E-state index contributed by atoms with van der Waals surface area (Å²) in [4.78, 5) is 23.1. The van der Waals surface area contributed by atoms with E-state index in [0.29, 0.717) is 0 Å². The van der Waals surface area contributed by atoms with E-state index in [1.807, 2.05) is 0 Å². The molecule has 2 N–H and O–H groups in total. The monoisotopic (exact) mass is 294 g/mol. The Labute approximate surface area is 117 Å². The number of hydrogen-bond acceptors (Lipinski definition) is 2. The van der Waals surface area contributed by atoms with Crippen molar-refractivity contribution >= 4 is 23.2 Å². The fraction of sp³-hybridized carbons (Fsp3) is 0. The van der Waals surface area contributed by atoms with Gasteiger partial charge in [-0.2, -0.15) is 0 Å². The molecule has 0 saturated carbocycles. The lowest BCUT2D eigenvalue weighted by Gasteiger charge is -2.07. The molecule has 0 unspecified atom stereocenters. The molecule has 0 aliphatic carbocycles. The van der Waals surface area contributed by atoms with Crippen LogP contribution in [-0.2, 0) is 9.59 Å². The number of amides is 2. The quantitative estimate of drug-likeness (QED) is 0.837. The van der Waals surface area contributed by atoms with Crippen LogP contribution >= 0.6 is 0 Å². The van der Waals surface area contributed by atoms with Crippen LogP contribution in [0.4, 0.5) is 24.5 Å². The third-order valence-electron chi connectivity index (χ3n) is 2.51. The van der Waals surface area contributed by atoms with Crippen LogP contribution in [0, 0.1) is 17.5 Å². The van der Waals surface area contributed by atoms with E-state index in [4.69, 9.17) is 0 Å². The predicted molar refractivity (Wildman–Crippen MR) is 70.0 cm³/mol. The molecule has 108 valence electrons. The Morgan fingerprint density at radius 3 is 2.10 bits per heavy atom. The number of carbonyl (C=O) groups excluding carboxylic acids is 2. The number of benzene rings is 2. The van der Waals surface area contributed by atoms with Crippen molar-refractivity contribution in [2.75, 3.05) is 10.6 Å². The molecule has 0 radical (unpaired) electrons. The lowest BCUT2D eigenvalue weighted by Crippen LogP contribution is -2.29. The number of para-hydroxylation sites is 1. The molecule has 0 bridgehead atoms. The van der Waals surface area contributed by atoms with Gasteiger partial charge < -0.3 is 10.6 Å². The van der Waals surface area contributed by atoms with Crippen molar-refractivity contribution in [2.45, 2.75) is 0 Å². The lowest BCUT2D eigenvalue weighted by atomic mass is 10.3. The molecule has 0 aromatic heterocycles. The highest BCUT2D eigenvalue weighted by Crippen LogP contribution is 2.14. The van der Waals surface area contributed by atoms with E-state index >= 15 is 0 Å². The summed E-state index contributed by atoms with van der Waals surface area (Å²) in [6, 6.07) is 7.91. The molecule has 0 atom stereocenters. The SMILES string of the molecule is O=C(Nc1ccc(F)c(F)c1)C(=O)Nc1ccccc1F. The highest BCUT2D eigenvalue weighted by Gasteiger charge is 2.16. The largest absolute Gasteiger partial charge is 0.318 e. The van der Waals surface area contributed by atoms with Gasteiger partial charge in [0.05, 0.1) is 5.69 Å². The minimum atomic E-state index is -1.16. The summed E-state index contributed by atoms with van der Waals surface area (Å²) < 4.78 is 39.0. The third kappa shape index (κ3) is 3.59. The number of rotatable bonds is 2. The van der Waals surface area contributed by atoms with Crippen LogP contribution in [0.15, 0.2) is 42.5 Å². The van der Waals surface area contributed by atoms with Gasteiger partial charge in [-0.25, -0.2) is 13.2 Å². The Kier molecular flexibility index (Phi) is 4.22. The summed E-state index contributed by atoms with van der Waals surface area (Å²) >= 11 is 0. The van der Waals surface area contributed by atoms with Crippen molar-refractivity contribution in [1.82, 2.24) is 0 Å². The number of hydrogen-bond donors (Lipinski definition) is 2. The highest BCUT2D eigenvalue weighted by atomic mass is 19.2. The molecule has 2 amide bonds. The van der Waals surface area contributed by atoms with Gasteiger partial charge in [0.2, 0.25) is 0 Å². The van der Waals surface area contributed by atoms with Gasteiger partial charge >= 0.3 is 11.8 Å². The van der Waals surface area contributed by atoms with Crippen LogP contribution in [0.1, 0.15) is 0 Å². The van der Waals surface area contributed by atoms with E-state index in [1.165, 1.54) is 18.2 Å². The first-order valence-electron chi connectivity index (χ1n) is 5.79. The number of halogens is 3. The smallest absolute Gasteiger partial charge is 0.314 e. The number of nitrogens with one attached hydrogen (secondary N) is 2. The van der Waals surface area contributed by atoms with E-state index < -0.39 is 29.3 Å². The molecule has 0 spiro atoms. The van der Waals surface area contributed by atoms with Gasteiger partial charge in [-0.3, -0.25) is 9.59 Å². The van der Waals surface area contributed by atoms with Crippen molar-refractivity contribution in [2.24, 2.45) is 0 Å². The summed E-state index contributed by atoms with van der Waals surface area (Å²) in [6.45, 7) is 0. The first-order chi connectivity index (χ1) is 9.97. The molecule has 21 heavy (non-hydrogen) atoms. The second-order valence-electron chi connectivity index (χ2n) is 4.02. The molecule has 2 aromatic carbocycles. The summed E-state index contributed by atoms with van der Waals surface area (Å²) in [5, 5.41) is 4.13. The van der Waals surface area contributed by atoms with Crippen molar-refractivity contribution in [3.8, 4) is 0 Å². The molecule has 0 aliphatic heterocycles. The van der Waals surface area contributed by atoms with E-state index in [0.717, 1.165) is 24.3 Å². The van der Waals surface area contributed by atoms with E-state index in [1.54, 1.807) is 0 Å². The topological polar surface area (TPSA) is 58.2 Å². The summed E-state index contributed by atoms with van der Waals surface area (Å²) in [5.74, 6) is -5.22. The van der Waals surface area contributed by atoms with Gasteiger partial charge in [-0.15, -0.1) is 0 Å². The van der Waals surface area contributed by atoms with E-state index in [-0.39, 0.29) is 11.4 Å². The van der Waals surface area contributed by atoms with Gasteiger partial charge in [0, 0.05) is 11.8 Å². The van der Waals surface area contributed by atoms with Crippen LogP contribution in [0.3, 0.4) is 0 Å². The highest BCUT2D eigenvalue weighted by molar-refractivity contribution is 6.43. The zero-order valence-electron chi connectivity index (χ0n) is 10.5. The average Bonchev–Trinajstić information content (AvgIpc) is 2.45. The summed E-state index contributed by atoms with van der Waals surface area (Å²) in [7, 11) is 0. The molecular weight excluding hydrogens is 285 g/mol. The van der Waals surface area contributed by atoms with Crippen LogP contribution in [0.25, 0.3) is 0 Å². The maximum Gasteiger partial charge on any atom is 0.314 e. The van der Waals surface area contributed by atoms with Crippen LogP contribution in [0.5, 0.6) is 0 Å². The molecule has 0 saturated heterocycles. The van der Waals surface area contributed by atoms with E-state index in [9.17, 15) is 22.8 Å². The first-order valence-corrected chi connectivity index (χ1v) is 5.79. The second kappa shape index (κ2) is 6.08. The molecule has 4 nitrogen and oxygen atoms in total. The molecule has 0 aliphatic rings. The molecule has 0 heterocycles. The lowest BCUT2D eigenvalue weighted by molar-refractivity contribution is -0.133. The second-order valence-corrected chi connectivity index (χ2v) is 4.02. The Balaban J connectivity index is 2.04. The van der Waals surface area contributed by atoms with Crippen LogP contribution < -0.4 is 10.6 Å². The number of anilines is 2. The first kappa shape index (κ1) is 14.6. The van der Waals surface area contributed by atoms with Crippen LogP contribution in [0.2, 0.25) is 0 Å². The van der Waals surface area contributed by atoms with Gasteiger partial charge in [-0.05, 0) is 24.3 Å². The predicted octanol–water partition coefficient (Wildman–Crippen LogP) is 2.68. The van der Waals surface area contributed by atoms with Crippen LogP contribution in [-0.4, -0.2) is 11.8 Å². The van der Waals surface area contributed by atoms with Gasteiger partial charge in [0.1, 0.15) is 5.82 Å².